The van der Waals surface area contributed by atoms with Gasteiger partial charge in [0.1, 0.15) is 0 Å². The molecule has 0 aromatic heterocycles. The molecule has 0 saturated carbocycles. The van der Waals surface area contributed by atoms with Gasteiger partial charge in [-0.3, -0.25) is 30.0 Å². The smallest absolute Gasteiger partial charge is 0.316 e. The maximum Gasteiger partial charge on any atom is 0.316 e. The first kappa shape index (κ1) is 11.6. The standard InChI is InChI=1S/C10H14N4O3/c15-7(14-5-1-2-6-14)3-4-11-10-12-8(16)9(17)13-10/h1-6H2,(H2,11,12,13,16,17). The first-order valence-corrected chi connectivity index (χ1v) is 5.61. The number of nitrogens with one attached hydrogen (secondary N) is 2. The van der Waals surface area contributed by atoms with Crippen molar-refractivity contribution in [3.8, 4) is 0 Å². The molecule has 2 heterocycles. The number of hydrogen-bond donors (Lipinski definition) is 2. The number of carbonyl (C=O) groups excluding carboxylic acids is 3. The van der Waals surface area contributed by atoms with Gasteiger partial charge in [-0.05, 0) is 12.8 Å². The highest BCUT2D eigenvalue weighted by molar-refractivity contribution is 6.45. The highest BCUT2D eigenvalue weighted by Crippen LogP contribution is 2.08. The van der Waals surface area contributed by atoms with Crippen molar-refractivity contribution >= 4 is 23.7 Å². The van der Waals surface area contributed by atoms with Crippen LogP contribution in [0.15, 0.2) is 4.99 Å². The first-order chi connectivity index (χ1) is 8.16. The minimum absolute atomic E-state index is 0.0718. The number of guanidine groups is 1. The minimum atomic E-state index is -0.713. The number of rotatable bonds is 3. The molecule has 3 amide bonds. The van der Waals surface area contributed by atoms with E-state index in [0.29, 0.717) is 6.42 Å². The van der Waals surface area contributed by atoms with Crippen LogP contribution < -0.4 is 10.6 Å². The molecule has 0 aromatic rings. The molecule has 0 spiro atoms. The van der Waals surface area contributed by atoms with E-state index in [1.165, 1.54) is 0 Å². The summed E-state index contributed by atoms with van der Waals surface area (Å²) in [5, 5.41) is 4.54. The third-order valence-electron chi connectivity index (χ3n) is 2.72. The van der Waals surface area contributed by atoms with Gasteiger partial charge in [0.05, 0.1) is 6.54 Å². The van der Waals surface area contributed by atoms with Crippen molar-refractivity contribution < 1.29 is 14.4 Å². The lowest BCUT2D eigenvalue weighted by molar-refractivity contribution is -0.135. The molecule has 2 saturated heterocycles. The molecule has 0 aromatic carbocycles. The third-order valence-corrected chi connectivity index (χ3v) is 2.72. The topological polar surface area (TPSA) is 90.9 Å². The van der Waals surface area contributed by atoms with Gasteiger partial charge in [-0.25, -0.2) is 0 Å². The Hall–Kier alpha value is -1.92. The van der Waals surface area contributed by atoms with Gasteiger partial charge in [-0.1, -0.05) is 0 Å². The maximum atomic E-state index is 11.6. The minimum Gasteiger partial charge on any atom is -0.343 e. The summed E-state index contributed by atoms with van der Waals surface area (Å²) >= 11 is 0. The predicted octanol–water partition coefficient (Wildman–Crippen LogP) is -1.40. The fourth-order valence-electron chi connectivity index (χ4n) is 1.83. The van der Waals surface area contributed by atoms with Crippen LogP contribution in [0.5, 0.6) is 0 Å². The van der Waals surface area contributed by atoms with Gasteiger partial charge in [0.15, 0.2) is 0 Å². The fraction of sp³-hybridized carbons (Fsp3) is 0.600. The number of likely N-dealkylation sites (tertiary alicyclic amines) is 1. The van der Waals surface area contributed by atoms with Crippen molar-refractivity contribution in [2.24, 2.45) is 4.99 Å². The maximum absolute atomic E-state index is 11.6. The Bertz CT molecular complexity index is 367. The lowest BCUT2D eigenvalue weighted by Gasteiger charge is -2.13. The third kappa shape index (κ3) is 2.80. The van der Waals surface area contributed by atoms with Gasteiger partial charge in [-0.2, -0.15) is 0 Å². The summed E-state index contributed by atoms with van der Waals surface area (Å²) in [6, 6.07) is 0. The monoisotopic (exact) mass is 238 g/mol. The molecule has 0 bridgehead atoms. The van der Waals surface area contributed by atoms with E-state index in [0.717, 1.165) is 25.9 Å². The zero-order chi connectivity index (χ0) is 12.3. The average molecular weight is 238 g/mol. The van der Waals surface area contributed by atoms with Gasteiger partial charge < -0.3 is 4.90 Å². The van der Waals surface area contributed by atoms with Crippen LogP contribution in [0, 0.1) is 0 Å². The van der Waals surface area contributed by atoms with E-state index in [2.05, 4.69) is 15.6 Å². The normalized spacial score (nSPS) is 19.3. The molecule has 2 aliphatic rings. The molecule has 0 atom stereocenters. The van der Waals surface area contributed by atoms with Crippen molar-refractivity contribution in [1.82, 2.24) is 15.5 Å². The summed E-state index contributed by atoms with van der Waals surface area (Å²) in [5.41, 5.74) is 0. The van der Waals surface area contributed by atoms with Crippen molar-refractivity contribution in [3.63, 3.8) is 0 Å². The van der Waals surface area contributed by atoms with E-state index >= 15 is 0 Å². The first-order valence-electron chi connectivity index (χ1n) is 5.61. The predicted molar refractivity (Wildman–Crippen MR) is 59.0 cm³/mol. The van der Waals surface area contributed by atoms with Crippen LogP contribution in [0.4, 0.5) is 0 Å². The molecular formula is C10H14N4O3. The quantitative estimate of drug-likeness (QED) is 0.592. The number of amides is 3. The number of aliphatic imine (C=N–C) groups is 1. The molecule has 0 radical (unpaired) electrons. The Morgan fingerprint density at radius 1 is 1.18 bits per heavy atom. The van der Waals surface area contributed by atoms with Crippen LogP contribution in [-0.2, 0) is 14.4 Å². The van der Waals surface area contributed by atoms with Crippen LogP contribution in [-0.4, -0.2) is 48.2 Å². The number of carbonyl (C=O) groups is 3. The van der Waals surface area contributed by atoms with E-state index in [-0.39, 0.29) is 18.4 Å². The van der Waals surface area contributed by atoms with E-state index in [9.17, 15) is 14.4 Å². The molecule has 7 nitrogen and oxygen atoms in total. The SMILES string of the molecule is O=C1NC(=NCCC(=O)N2CCCC2)NC1=O. The summed E-state index contributed by atoms with van der Waals surface area (Å²) in [6.07, 6.45) is 2.42. The number of nitrogens with zero attached hydrogens (tertiary/aromatic N) is 2. The summed E-state index contributed by atoms with van der Waals surface area (Å²) in [6.45, 7) is 1.91. The van der Waals surface area contributed by atoms with E-state index in [1.807, 2.05) is 4.90 Å². The zero-order valence-corrected chi connectivity index (χ0v) is 9.36. The summed E-state index contributed by atoms with van der Waals surface area (Å²) < 4.78 is 0. The van der Waals surface area contributed by atoms with Crippen LogP contribution in [0.3, 0.4) is 0 Å². The Morgan fingerprint density at radius 2 is 1.76 bits per heavy atom. The second-order valence-corrected chi connectivity index (χ2v) is 3.98. The summed E-state index contributed by atoms with van der Waals surface area (Å²) in [4.78, 5) is 39.0. The second kappa shape index (κ2) is 4.94. The van der Waals surface area contributed by atoms with Crippen molar-refractivity contribution in [2.75, 3.05) is 19.6 Å². The molecule has 92 valence electrons. The highest BCUT2D eigenvalue weighted by atomic mass is 16.2. The molecule has 17 heavy (non-hydrogen) atoms. The molecule has 2 rings (SSSR count). The van der Waals surface area contributed by atoms with Gasteiger partial charge in [0.25, 0.3) is 0 Å². The lowest BCUT2D eigenvalue weighted by Crippen LogP contribution is -2.29. The molecule has 0 aliphatic carbocycles. The summed E-state index contributed by atoms with van der Waals surface area (Å²) in [5.74, 6) is -1.22. The molecule has 2 aliphatic heterocycles. The van der Waals surface area contributed by atoms with Crippen molar-refractivity contribution in [2.45, 2.75) is 19.3 Å². The van der Waals surface area contributed by atoms with E-state index < -0.39 is 11.8 Å². The van der Waals surface area contributed by atoms with E-state index in [1.54, 1.807) is 0 Å². The van der Waals surface area contributed by atoms with Gasteiger partial charge in [0.2, 0.25) is 11.9 Å². The lowest BCUT2D eigenvalue weighted by atomic mass is 10.4. The van der Waals surface area contributed by atoms with Gasteiger partial charge in [0, 0.05) is 19.5 Å². The largest absolute Gasteiger partial charge is 0.343 e. The number of hydrogen-bond acceptors (Lipinski definition) is 4. The van der Waals surface area contributed by atoms with Crippen molar-refractivity contribution in [1.29, 1.82) is 0 Å². The van der Waals surface area contributed by atoms with Gasteiger partial charge >= 0.3 is 11.8 Å². The zero-order valence-electron chi connectivity index (χ0n) is 9.36. The second-order valence-electron chi connectivity index (χ2n) is 3.98. The fourth-order valence-corrected chi connectivity index (χ4v) is 1.83. The van der Waals surface area contributed by atoms with Crippen LogP contribution in [0.25, 0.3) is 0 Å². The Balaban J connectivity index is 1.75. The Kier molecular flexibility index (Phi) is 3.36. The summed E-state index contributed by atoms with van der Waals surface area (Å²) in [7, 11) is 0. The van der Waals surface area contributed by atoms with Crippen molar-refractivity contribution in [3.05, 3.63) is 0 Å². The molecule has 0 unspecified atom stereocenters. The molecule has 2 fully saturated rings. The molecule has 2 N–H and O–H groups in total. The Labute approximate surface area is 98.3 Å². The molecular weight excluding hydrogens is 224 g/mol. The van der Waals surface area contributed by atoms with Crippen LogP contribution in [0.1, 0.15) is 19.3 Å². The van der Waals surface area contributed by atoms with Crippen LogP contribution in [0.2, 0.25) is 0 Å². The van der Waals surface area contributed by atoms with E-state index in [4.69, 9.17) is 0 Å². The molecule has 7 heteroatoms. The van der Waals surface area contributed by atoms with Crippen LogP contribution >= 0.6 is 0 Å². The Morgan fingerprint density at radius 3 is 2.35 bits per heavy atom. The van der Waals surface area contributed by atoms with Gasteiger partial charge in [-0.15, -0.1) is 0 Å². The average Bonchev–Trinajstić information content (AvgIpc) is 2.90. The highest BCUT2D eigenvalue weighted by Gasteiger charge is 2.25.